The molecule has 2 nitrogen and oxygen atoms in total. The summed E-state index contributed by atoms with van der Waals surface area (Å²) >= 11 is 0. The highest BCUT2D eigenvalue weighted by Crippen LogP contribution is 2.47. The van der Waals surface area contributed by atoms with Gasteiger partial charge in [0.1, 0.15) is 0 Å². The molecule has 0 spiro atoms. The van der Waals surface area contributed by atoms with Crippen LogP contribution in [0.15, 0.2) is 194 Å². The molecular weight excluding hydrogens is 629 g/mol. The third kappa shape index (κ3) is 4.95. The highest BCUT2D eigenvalue weighted by Gasteiger charge is 2.26. The molecule has 0 bridgehead atoms. The number of para-hydroxylation sites is 2. The van der Waals surface area contributed by atoms with E-state index < -0.39 is 0 Å². The fourth-order valence-electron chi connectivity index (χ4n) is 8.27. The van der Waals surface area contributed by atoms with Crippen LogP contribution in [0.3, 0.4) is 0 Å². The third-order valence-electron chi connectivity index (χ3n) is 10.9. The molecule has 1 aliphatic rings. The highest BCUT2D eigenvalue weighted by atomic mass is 15.1. The smallest absolute Gasteiger partial charge is 0.0547 e. The summed E-state index contributed by atoms with van der Waals surface area (Å²) in [6.07, 6.45) is 0. The van der Waals surface area contributed by atoms with Gasteiger partial charge >= 0.3 is 0 Å². The number of fused-ring (bicyclic) bond motifs is 6. The lowest BCUT2D eigenvalue weighted by molar-refractivity contribution is 0.956. The molecule has 8 aromatic carbocycles. The van der Waals surface area contributed by atoms with E-state index in [1.54, 1.807) is 0 Å². The summed E-state index contributed by atoms with van der Waals surface area (Å²) in [4.78, 5) is 2.39. The molecule has 0 fully saturated rings. The Labute approximate surface area is 304 Å². The number of nitrogens with zero attached hydrogens (tertiary/aromatic N) is 2. The normalized spacial score (nSPS) is 13.3. The lowest BCUT2D eigenvalue weighted by atomic mass is 9.98. The third-order valence-corrected chi connectivity index (χ3v) is 10.9. The van der Waals surface area contributed by atoms with E-state index in [1.165, 1.54) is 72.0 Å². The van der Waals surface area contributed by atoms with Crippen LogP contribution in [0.5, 0.6) is 0 Å². The minimum absolute atomic E-state index is 0.345. The Kier molecular flexibility index (Phi) is 7.14. The van der Waals surface area contributed by atoms with Crippen LogP contribution < -0.4 is 4.90 Å². The quantitative estimate of drug-likeness (QED) is 0.172. The Morgan fingerprint density at radius 3 is 1.67 bits per heavy atom. The van der Waals surface area contributed by atoms with Crippen LogP contribution in [-0.2, 0) is 0 Å². The first-order valence-corrected chi connectivity index (χ1v) is 18.1. The second-order valence-electron chi connectivity index (χ2n) is 13.8. The van der Waals surface area contributed by atoms with Gasteiger partial charge in [0.25, 0.3) is 0 Å². The van der Waals surface area contributed by atoms with Gasteiger partial charge in [0.05, 0.1) is 11.0 Å². The van der Waals surface area contributed by atoms with E-state index in [1.807, 2.05) is 0 Å². The van der Waals surface area contributed by atoms with Gasteiger partial charge in [0.15, 0.2) is 0 Å². The van der Waals surface area contributed by atoms with Gasteiger partial charge in [-0.25, -0.2) is 0 Å². The van der Waals surface area contributed by atoms with Crippen molar-refractivity contribution >= 4 is 38.9 Å². The molecule has 1 aromatic heterocycles. The molecule has 2 heteroatoms. The van der Waals surface area contributed by atoms with E-state index in [4.69, 9.17) is 0 Å². The van der Waals surface area contributed by atoms with E-state index in [9.17, 15) is 0 Å². The van der Waals surface area contributed by atoms with Crippen LogP contribution in [-0.4, -0.2) is 4.57 Å². The zero-order valence-corrected chi connectivity index (χ0v) is 28.9. The second-order valence-corrected chi connectivity index (χ2v) is 13.8. The first-order chi connectivity index (χ1) is 25.7. The topological polar surface area (TPSA) is 8.17 Å². The number of aromatic nitrogens is 1. The van der Waals surface area contributed by atoms with Gasteiger partial charge in [-0.1, -0.05) is 140 Å². The summed E-state index contributed by atoms with van der Waals surface area (Å²) in [6.45, 7) is 2.33. The van der Waals surface area contributed by atoms with Crippen LogP contribution >= 0.6 is 0 Å². The molecule has 0 saturated heterocycles. The van der Waals surface area contributed by atoms with Crippen LogP contribution in [0.25, 0.3) is 60.9 Å². The van der Waals surface area contributed by atoms with Gasteiger partial charge < -0.3 is 9.47 Å². The van der Waals surface area contributed by atoms with Gasteiger partial charge in [-0.05, 0) is 105 Å². The van der Waals surface area contributed by atoms with Gasteiger partial charge in [-0.2, -0.15) is 0 Å². The lowest BCUT2D eigenvalue weighted by Crippen LogP contribution is -2.10. The Bertz CT molecular complexity index is 2720. The van der Waals surface area contributed by atoms with Crippen molar-refractivity contribution in [1.82, 2.24) is 4.57 Å². The molecule has 246 valence electrons. The summed E-state index contributed by atoms with van der Waals surface area (Å²) in [5.41, 5.74) is 17.3. The molecule has 1 heterocycles. The van der Waals surface area contributed by atoms with Crippen LogP contribution in [0.2, 0.25) is 0 Å². The van der Waals surface area contributed by atoms with Crippen molar-refractivity contribution in [2.75, 3.05) is 4.90 Å². The molecule has 0 aliphatic heterocycles. The first kappa shape index (κ1) is 30.2. The van der Waals surface area contributed by atoms with E-state index in [0.717, 1.165) is 17.1 Å². The zero-order valence-electron chi connectivity index (χ0n) is 28.9. The van der Waals surface area contributed by atoms with Crippen molar-refractivity contribution in [3.8, 4) is 39.1 Å². The molecule has 0 radical (unpaired) electrons. The Morgan fingerprint density at radius 2 is 0.923 bits per heavy atom. The standard InChI is InChI=1S/C50H36N2/c1-34-43-16-8-9-17-44(43)45-31-29-42(33-48(34)45)51(40-25-20-36(21-26-40)35-12-4-2-5-13-35)41-27-22-37(23-28-41)38-24-30-47-46-18-10-11-19-49(46)52(50(47)32-38)39-14-6-3-7-15-39/h2-34H,1H3. The van der Waals surface area contributed by atoms with Gasteiger partial charge in [0.2, 0.25) is 0 Å². The molecule has 9 aromatic rings. The minimum Gasteiger partial charge on any atom is -0.310 e. The molecule has 52 heavy (non-hydrogen) atoms. The lowest BCUT2D eigenvalue weighted by Gasteiger charge is -2.27. The number of benzene rings is 8. The summed E-state index contributed by atoms with van der Waals surface area (Å²) in [5.74, 6) is 0.345. The Hall–Kier alpha value is -6.64. The largest absolute Gasteiger partial charge is 0.310 e. The summed E-state index contributed by atoms with van der Waals surface area (Å²) in [5, 5.41) is 2.53. The van der Waals surface area contributed by atoms with Gasteiger partial charge in [-0.15, -0.1) is 0 Å². The second kappa shape index (κ2) is 12.3. The number of anilines is 3. The average molecular weight is 665 g/mol. The fourth-order valence-corrected chi connectivity index (χ4v) is 8.27. The summed E-state index contributed by atoms with van der Waals surface area (Å²) < 4.78 is 2.39. The monoisotopic (exact) mass is 664 g/mol. The zero-order chi connectivity index (χ0) is 34.6. The molecule has 0 amide bonds. The predicted octanol–water partition coefficient (Wildman–Crippen LogP) is 13.7. The first-order valence-electron chi connectivity index (χ1n) is 18.1. The molecule has 0 N–H and O–H groups in total. The maximum Gasteiger partial charge on any atom is 0.0547 e. The number of hydrogen-bond acceptors (Lipinski definition) is 1. The molecule has 1 unspecified atom stereocenters. The van der Waals surface area contributed by atoms with E-state index in [2.05, 4.69) is 211 Å². The van der Waals surface area contributed by atoms with Crippen LogP contribution in [0.1, 0.15) is 24.0 Å². The molecule has 10 rings (SSSR count). The summed E-state index contributed by atoms with van der Waals surface area (Å²) in [7, 11) is 0. The molecule has 0 saturated carbocycles. The van der Waals surface area contributed by atoms with Crippen molar-refractivity contribution in [3.05, 3.63) is 205 Å². The number of rotatable bonds is 6. The molecule has 1 atom stereocenters. The van der Waals surface area contributed by atoms with Crippen LogP contribution in [0, 0.1) is 0 Å². The maximum absolute atomic E-state index is 2.40. The highest BCUT2D eigenvalue weighted by molar-refractivity contribution is 6.10. The van der Waals surface area contributed by atoms with Gasteiger partial charge in [0, 0.05) is 39.4 Å². The molecule has 1 aliphatic carbocycles. The SMILES string of the molecule is CC1c2ccccc2-c2ccc(N(c3ccc(-c4ccccc4)cc3)c3ccc(-c4ccc5c6ccccc6n(-c6ccccc6)c5c4)cc3)cc21. The number of hydrogen-bond donors (Lipinski definition) is 0. The van der Waals surface area contributed by atoms with Crippen molar-refractivity contribution < 1.29 is 0 Å². The Morgan fingerprint density at radius 1 is 0.385 bits per heavy atom. The Balaban J connectivity index is 1.07. The summed E-state index contributed by atoms with van der Waals surface area (Å²) in [6, 6.07) is 70.7. The molecular formula is C50H36N2. The van der Waals surface area contributed by atoms with Gasteiger partial charge in [-0.3, -0.25) is 0 Å². The maximum atomic E-state index is 2.40. The van der Waals surface area contributed by atoms with E-state index >= 15 is 0 Å². The van der Waals surface area contributed by atoms with E-state index in [-0.39, 0.29) is 0 Å². The fraction of sp³-hybridized carbons (Fsp3) is 0.0400. The van der Waals surface area contributed by atoms with E-state index in [0.29, 0.717) is 5.92 Å². The minimum atomic E-state index is 0.345. The average Bonchev–Trinajstić information content (AvgIpc) is 3.70. The van der Waals surface area contributed by atoms with Crippen molar-refractivity contribution in [1.29, 1.82) is 0 Å². The predicted molar refractivity (Wildman–Crippen MR) is 219 cm³/mol. The van der Waals surface area contributed by atoms with Crippen LogP contribution in [0.4, 0.5) is 17.1 Å². The van der Waals surface area contributed by atoms with Crippen molar-refractivity contribution in [2.45, 2.75) is 12.8 Å². The van der Waals surface area contributed by atoms with Crippen molar-refractivity contribution in [2.24, 2.45) is 0 Å². The van der Waals surface area contributed by atoms with Crippen molar-refractivity contribution in [3.63, 3.8) is 0 Å².